The summed E-state index contributed by atoms with van der Waals surface area (Å²) in [5, 5.41) is 9.32. The van der Waals surface area contributed by atoms with Gasteiger partial charge in [-0.25, -0.2) is 9.18 Å². The molecule has 0 radical (unpaired) electrons. The van der Waals surface area contributed by atoms with Gasteiger partial charge in [0.05, 0.1) is 0 Å². The van der Waals surface area contributed by atoms with Crippen LogP contribution in [-0.4, -0.2) is 28.2 Å². The number of hydrogen-bond donors (Lipinski definition) is 1. The van der Waals surface area contributed by atoms with E-state index in [4.69, 9.17) is 4.74 Å². The maximum Gasteiger partial charge on any atom is 0.410 e. The van der Waals surface area contributed by atoms with Gasteiger partial charge in [-0.2, -0.15) is 0 Å². The third-order valence-corrected chi connectivity index (χ3v) is 2.96. The molecule has 1 aliphatic heterocycles. The zero-order valence-electron chi connectivity index (χ0n) is 11.4. The Morgan fingerprint density at radius 1 is 1.42 bits per heavy atom. The molecule has 4 nitrogen and oxygen atoms in total. The van der Waals surface area contributed by atoms with Crippen molar-refractivity contribution in [2.75, 3.05) is 6.54 Å². The molecule has 0 fully saturated rings. The number of ether oxygens (including phenoxy) is 1. The molecule has 0 bridgehead atoms. The van der Waals surface area contributed by atoms with Crippen LogP contribution in [0.5, 0.6) is 5.75 Å². The van der Waals surface area contributed by atoms with Crippen molar-refractivity contribution in [1.29, 1.82) is 0 Å². The summed E-state index contributed by atoms with van der Waals surface area (Å²) in [6.45, 7) is 6.12. The van der Waals surface area contributed by atoms with Gasteiger partial charge in [-0.05, 0) is 44.4 Å². The Hall–Kier alpha value is -1.78. The number of fused-ring (bicyclic) bond motifs is 1. The number of aromatic hydroxyl groups is 1. The number of nitrogens with zero attached hydrogens (tertiary/aromatic N) is 1. The van der Waals surface area contributed by atoms with E-state index in [1.54, 1.807) is 31.7 Å². The first-order valence-corrected chi connectivity index (χ1v) is 6.25. The smallest absolute Gasteiger partial charge is 0.410 e. The van der Waals surface area contributed by atoms with Crippen molar-refractivity contribution in [3.05, 3.63) is 29.1 Å². The Bertz CT molecular complexity index is 508. The van der Waals surface area contributed by atoms with E-state index in [-0.39, 0.29) is 5.75 Å². The number of phenols is 1. The second kappa shape index (κ2) is 4.72. The maximum absolute atomic E-state index is 13.7. The lowest BCUT2D eigenvalue weighted by Crippen LogP contribution is -2.40. The molecule has 1 amide bonds. The fourth-order valence-corrected chi connectivity index (χ4v) is 2.08. The van der Waals surface area contributed by atoms with Crippen LogP contribution in [0.15, 0.2) is 12.1 Å². The largest absolute Gasteiger partial charge is 0.505 e. The molecule has 0 atom stereocenters. The Kier molecular flexibility index (Phi) is 3.39. The first kappa shape index (κ1) is 13.6. The molecule has 0 aromatic heterocycles. The summed E-state index contributed by atoms with van der Waals surface area (Å²) in [5.41, 5.74) is 0.657. The Morgan fingerprint density at radius 2 is 2.11 bits per heavy atom. The van der Waals surface area contributed by atoms with Gasteiger partial charge in [-0.15, -0.1) is 0 Å². The number of phenolic OH excluding ortho intramolecular Hbond substituents is 1. The molecule has 0 saturated heterocycles. The van der Waals surface area contributed by atoms with Crippen molar-refractivity contribution < 1.29 is 19.0 Å². The molecule has 5 heteroatoms. The van der Waals surface area contributed by atoms with Gasteiger partial charge in [0.2, 0.25) is 0 Å². The van der Waals surface area contributed by atoms with Crippen LogP contribution >= 0.6 is 0 Å². The van der Waals surface area contributed by atoms with E-state index in [0.29, 0.717) is 30.6 Å². The molecular weight excluding hydrogens is 249 g/mol. The van der Waals surface area contributed by atoms with Crippen molar-refractivity contribution in [3.63, 3.8) is 0 Å². The van der Waals surface area contributed by atoms with Crippen LogP contribution in [0.4, 0.5) is 9.18 Å². The van der Waals surface area contributed by atoms with Gasteiger partial charge in [-0.3, -0.25) is 0 Å². The summed E-state index contributed by atoms with van der Waals surface area (Å²) in [6.07, 6.45) is -0.0129. The second-order valence-electron chi connectivity index (χ2n) is 5.69. The fraction of sp³-hybridized carbons (Fsp3) is 0.500. The van der Waals surface area contributed by atoms with Crippen LogP contribution in [0.25, 0.3) is 0 Å². The minimum absolute atomic E-state index is 0.307. The normalized spacial score (nSPS) is 15.1. The van der Waals surface area contributed by atoms with Crippen LogP contribution in [0.1, 0.15) is 31.9 Å². The Balaban J connectivity index is 2.15. The minimum atomic E-state index is -0.582. The number of carbonyl (C=O) groups excluding carboxylic acids is 1. The highest BCUT2D eigenvalue weighted by Gasteiger charge is 2.27. The molecule has 0 saturated carbocycles. The summed E-state index contributed by atoms with van der Waals surface area (Å²) in [5.74, 6) is -0.925. The lowest BCUT2D eigenvalue weighted by Gasteiger charge is -2.31. The zero-order chi connectivity index (χ0) is 14.2. The lowest BCUT2D eigenvalue weighted by atomic mass is 9.99. The predicted molar refractivity (Wildman–Crippen MR) is 68.4 cm³/mol. The topological polar surface area (TPSA) is 49.8 Å². The van der Waals surface area contributed by atoms with Gasteiger partial charge < -0.3 is 14.7 Å². The molecule has 0 spiro atoms. The Labute approximate surface area is 111 Å². The van der Waals surface area contributed by atoms with Gasteiger partial charge in [0.25, 0.3) is 0 Å². The Morgan fingerprint density at radius 3 is 2.74 bits per heavy atom. The summed E-state index contributed by atoms with van der Waals surface area (Å²) < 4.78 is 19.0. The first-order valence-electron chi connectivity index (χ1n) is 6.25. The fourth-order valence-electron chi connectivity index (χ4n) is 2.08. The van der Waals surface area contributed by atoms with E-state index in [1.165, 1.54) is 6.07 Å². The quantitative estimate of drug-likeness (QED) is 0.786. The lowest BCUT2D eigenvalue weighted by molar-refractivity contribution is 0.0222. The van der Waals surface area contributed by atoms with E-state index >= 15 is 0 Å². The predicted octanol–water partition coefficient (Wildman–Crippen LogP) is 2.82. The van der Waals surface area contributed by atoms with Crippen LogP contribution < -0.4 is 0 Å². The average Bonchev–Trinajstić information content (AvgIpc) is 2.31. The van der Waals surface area contributed by atoms with Gasteiger partial charge in [0.1, 0.15) is 5.60 Å². The molecule has 1 aromatic rings. The molecule has 1 aromatic carbocycles. The zero-order valence-corrected chi connectivity index (χ0v) is 11.4. The molecule has 19 heavy (non-hydrogen) atoms. The highest BCUT2D eigenvalue weighted by molar-refractivity contribution is 5.68. The van der Waals surface area contributed by atoms with Crippen LogP contribution in [0.3, 0.4) is 0 Å². The number of carbonyl (C=O) groups is 1. The molecule has 0 unspecified atom stereocenters. The number of amides is 1. The maximum atomic E-state index is 13.7. The van der Waals surface area contributed by atoms with Gasteiger partial charge in [-0.1, -0.05) is 6.07 Å². The van der Waals surface area contributed by atoms with E-state index < -0.39 is 17.5 Å². The average molecular weight is 267 g/mol. The molecule has 1 aliphatic rings. The van der Waals surface area contributed by atoms with Crippen LogP contribution in [0.2, 0.25) is 0 Å². The number of rotatable bonds is 0. The van der Waals surface area contributed by atoms with Crippen molar-refractivity contribution in [2.45, 2.75) is 39.3 Å². The van der Waals surface area contributed by atoms with Crippen LogP contribution in [0, 0.1) is 5.82 Å². The molecular formula is C14H18FNO3. The highest BCUT2D eigenvalue weighted by Crippen LogP contribution is 2.28. The standard InChI is InChI=1S/C14H18FNO3/c1-14(2,3)19-13(18)16-7-6-10-9(8-16)4-5-11(17)12(10)15/h4-5,17H,6-8H2,1-3H3. The molecule has 2 rings (SSSR count). The highest BCUT2D eigenvalue weighted by atomic mass is 19.1. The van der Waals surface area contributed by atoms with E-state index in [9.17, 15) is 14.3 Å². The van der Waals surface area contributed by atoms with Crippen LogP contribution in [-0.2, 0) is 17.7 Å². The van der Waals surface area contributed by atoms with Gasteiger partial charge in [0.15, 0.2) is 11.6 Å². The van der Waals surface area contributed by atoms with Crippen molar-refractivity contribution in [1.82, 2.24) is 4.90 Å². The van der Waals surface area contributed by atoms with E-state index in [1.807, 2.05) is 0 Å². The summed E-state index contributed by atoms with van der Waals surface area (Å²) in [7, 11) is 0. The summed E-state index contributed by atoms with van der Waals surface area (Å²) >= 11 is 0. The minimum Gasteiger partial charge on any atom is -0.505 e. The first-order chi connectivity index (χ1) is 8.78. The monoisotopic (exact) mass is 267 g/mol. The van der Waals surface area contributed by atoms with E-state index in [0.717, 1.165) is 0 Å². The van der Waals surface area contributed by atoms with Gasteiger partial charge in [0, 0.05) is 13.1 Å². The van der Waals surface area contributed by atoms with Gasteiger partial charge >= 0.3 is 6.09 Å². The SMILES string of the molecule is CC(C)(C)OC(=O)N1CCc2c(ccc(O)c2F)C1. The van der Waals surface area contributed by atoms with Crippen molar-refractivity contribution in [2.24, 2.45) is 0 Å². The summed E-state index contributed by atoms with van der Waals surface area (Å²) in [6, 6.07) is 2.96. The van der Waals surface area contributed by atoms with E-state index in [2.05, 4.69) is 0 Å². The molecule has 104 valence electrons. The molecule has 1 N–H and O–H groups in total. The summed E-state index contributed by atoms with van der Waals surface area (Å²) in [4.78, 5) is 13.5. The number of hydrogen-bond acceptors (Lipinski definition) is 3. The molecule has 1 heterocycles. The third kappa shape index (κ3) is 2.97. The number of halogens is 1. The third-order valence-electron chi connectivity index (χ3n) is 2.96. The van der Waals surface area contributed by atoms with Crippen molar-refractivity contribution >= 4 is 6.09 Å². The number of benzene rings is 1. The van der Waals surface area contributed by atoms with Crippen molar-refractivity contribution in [3.8, 4) is 5.75 Å². The second-order valence-corrected chi connectivity index (χ2v) is 5.69. The molecule has 0 aliphatic carbocycles.